The summed E-state index contributed by atoms with van der Waals surface area (Å²) in [5.41, 5.74) is 1.71. The molecule has 0 aliphatic rings. The van der Waals surface area contributed by atoms with Crippen molar-refractivity contribution in [2.45, 2.75) is 0 Å². The predicted molar refractivity (Wildman–Crippen MR) is 55.8 cm³/mol. The van der Waals surface area contributed by atoms with Gasteiger partial charge in [-0.2, -0.15) is 10.2 Å². The molecule has 6 heteroatoms. The van der Waals surface area contributed by atoms with Crippen molar-refractivity contribution in [2.75, 3.05) is 0 Å². The van der Waals surface area contributed by atoms with E-state index >= 15 is 0 Å². The molecule has 0 spiro atoms. The van der Waals surface area contributed by atoms with Crippen LogP contribution in [0.3, 0.4) is 0 Å². The first-order chi connectivity index (χ1) is 7.15. The van der Waals surface area contributed by atoms with E-state index in [0.717, 1.165) is 5.69 Å². The number of aromatic nitrogens is 4. The first-order valence-electron chi connectivity index (χ1n) is 4.31. The van der Waals surface area contributed by atoms with E-state index in [9.17, 15) is 4.79 Å². The number of carbonyl (C=O) groups excluding carboxylic acids is 1. The maximum absolute atomic E-state index is 10.9. The van der Waals surface area contributed by atoms with Crippen LogP contribution in [0.15, 0.2) is 12.3 Å². The summed E-state index contributed by atoms with van der Waals surface area (Å²) in [6.07, 6.45) is 2.35. The lowest BCUT2D eigenvalue weighted by Gasteiger charge is -1.97. The zero-order valence-electron chi connectivity index (χ0n) is 8.31. The van der Waals surface area contributed by atoms with Crippen LogP contribution in [-0.4, -0.2) is 25.8 Å². The summed E-state index contributed by atoms with van der Waals surface area (Å²) in [5, 5.41) is 8.53. The minimum absolute atomic E-state index is 0.334. The maximum atomic E-state index is 10.9. The minimum Gasteiger partial charge on any atom is -0.298 e. The van der Waals surface area contributed by atoms with Crippen molar-refractivity contribution in [1.29, 1.82) is 0 Å². The topological polar surface area (TPSA) is 52.7 Å². The summed E-state index contributed by atoms with van der Waals surface area (Å²) < 4.78 is 3.11. The fourth-order valence-electron chi connectivity index (χ4n) is 1.42. The van der Waals surface area contributed by atoms with Gasteiger partial charge in [-0.15, -0.1) is 0 Å². The second kappa shape index (κ2) is 3.51. The lowest BCUT2D eigenvalue weighted by atomic mass is 10.2. The normalized spacial score (nSPS) is 10.6. The highest BCUT2D eigenvalue weighted by Gasteiger charge is 2.17. The van der Waals surface area contributed by atoms with Gasteiger partial charge in [0.25, 0.3) is 0 Å². The maximum Gasteiger partial charge on any atom is 0.155 e. The molecule has 0 fully saturated rings. The van der Waals surface area contributed by atoms with Crippen LogP contribution < -0.4 is 0 Å². The second-order valence-corrected chi connectivity index (χ2v) is 3.49. The number of nitrogens with zero attached hydrogens (tertiary/aromatic N) is 4. The van der Waals surface area contributed by atoms with Gasteiger partial charge in [0.2, 0.25) is 0 Å². The van der Waals surface area contributed by atoms with Gasteiger partial charge in [-0.3, -0.25) is 14.2 Å². The largest absolute Gasteiger partial charge is 0.298 e. The Morgan fingerprint density at radius 1 is 1.40 bits per heavy atom. The quantitative estimate of drug-likeness (QED) is 0.723. The van der Waals surface area contributed by atoms with Crippen LogP contribution in [-0.2, 0) is 14.1 Å². The highest BCUT2D eigenvalue weighted by Crippen LogP contribution is 2.25. The fourth-order valence-corrected chi connectivity index (χ4v) is 1.59. The number of rotatable bonds is 2. The van der Waals surface area contributed by atoms with Gasteiger partial charge >= 0.3 is 0 Å². The summed E-state index contributed by atoms with van der Waals surface area (Å²) in [6.45, 7) is 0. The van der Waals surface area contributed by atoms with Crippen LogP contribution in [0.1, 0.15) is 10.4 Å². The van der Waals surface area contributed by atoms with E-state index in [4.69, 9.17) is 11.6 Å². The van der Waals surface area contributed by atoms with Crippen LogP contribution in [0.2, 0.25) is 5.15 Å². The molecule has 78 valence electrons. The third-order valence-corrected chi connectivity index (χ3v) is 2.64. The number of aldehydes is 1. The van der Waals surface area contributed by atoms with Crippen molar-refractivity contribution in [3.63, 3.8) is 0 Å². The average molecular weight is 225 g/mol. The Morgan fingerprint density at radius 3 is 2.67 bits per heavy atom. The Morgan fingerprint density at radius 2 is 2.13 bits per heavy atom. The molecule has 0 saturated heterocycles. The molecule has 15 heavy (non-hydrogen) atoms. The van der Waals surface area contributed by atoms with E-state index in [2.05, 4.69) is 10.2 Å². The van der Waals surface area contributed by atoms with Crippen LogP contribution in [0, 0.1) is 0 Å². The average Bonchev–Trinajstić information content (AvgIpc) is 2.73. The summed E-state index contributed by atoms with van der Waals surface area (Å²) in [7, 11) is 3.47. The van der Waals surface area contributed by atoms with E-state index < -0.39 is 0 Å². The molecular weight excluding hydrogens is 216 g/mol. The molecule has 2 rings (SSSR count). The molecule has 0 aromatic carbocycles. The van der Waals surface area contributed by atoms with Crippen molar-refractivity contribution in [3.8, 4) is 11.4 Å². The van der Waals surface area contributed by atoms with E-state index in [1.807, 2.05) is 0 Å². The van der Waals surface area contributed by atoms with Crippen molar-refractivity contribution < 1.29 is 4.79 Å². The summed E-state index contributed by atoms with van der Waals surface area (Å²) in [5.74, 6) is 0. The first kappa shape index (κ1) is 9.92. The standard InChI is InChI=1S/C9H9ClN4O/c1-13-7(3-4-11-13)8-6(5-15)9(10)14(2)12-8/h3-5H,1-2H3. The van der Waals surface area contributed by atoms with Gasteiger partial charge in [-0.05, 0) is 6.07 Å². The van der Waals surface area contributed by atoms with E-state index in [1.54, 1.807) is 31.0 Å². The lowest BCUT2D eigenvalue weighted by molar-refractivity contribution is 0.112. The molecule has 0 saturated carbocycles. The second-order valence-electron chi connectivity index (χ2n) is 3.13. The molecule has 0 radical (unpaired) electrons. The highest BCUT2D eigenvalue weighted by molar-refractivity contribution is 6.32. The Hall–Kier alpha value is -1.62. The van der Waals surface area contributed by atoms with Gasteiger partial charge in [0.15, 0.2) is 6.29 Å². The molecule has 0 unspecified atom stereocenters. The number of hydrogen-bond donors (Lipinski definition) is 0. The molecule has 2 aromatic rings. The monoisotopic (exact) mass is 224 g/mol. The van der Waals surface area contributed by atoms with E-state index in [-0.39, 0.29) is 0 Å². The van der Waals surface area contributed by atoms with Crippen LogP contribution in [0.4, 0.5) is 0 Å². The van der Waals surface area contributed by atoms with Crippen LogP contribution in [0.5, 0.6) is 0 Å². The highest BCUT2D eigenvalue weighted by atomic mass is 35.5. The van der Waals surface area contributed by atoms with Gasteiger partial charge in [-0.25, -0.2) is 0 Å². The Balaban J connectivity index is 2.68. The molecule has 0 atom stereocenters. The number of halogens is 1. The molecule has 0 N–H and O–H groups in total. The third-order valence-electron chi connectivity index (χ3n) is 2.19. The van der Waals surface area contributed by atoms with Crippen molar-refractivity contribution >= 4 is 17.9 Å². The molecule has 2 aromatic heterocycles. The minimum atomic E-state index is 0.334. The lowest BCUT2D eigenvalue weighted by Crippen LogP contribution is -1.96. The summed E-state index contributed by atoms with van der Waals surface area (Å²) >= 11 is 5.92. The van der Waals surface area contributed by atoms with E-state index in [0.29, 0.717) is 22.7 Å². The number of carbonyl (C=O) groups is 1. The summed E-state index contributed by atoms with van der Waals surface area (Å²) in [4.78, 5) is 10.9. The Kier molecular flexibility index (Phi) is 2.32. The third kappa shape index (κ3) is 1.45. The molecule has 5 nitrogen and oxygen atoms in total. The van der Waals surface area contributed by atoms with Crippen molar-refractivity contribution in [1.82, 2.24) is 19.6 Å². The molecular formula is C9H9ClN4O. The van der Waals surface area contributed by atoms with Gasteiger partial charge in [0, 0.05) is 20.3 Å². The first-order valence-corrected chi connectivity index (χ1v) is 4.69. The zero-order chi connectivity index (χ0) is 11.0. The molecule has 2 heterocycles. The van der Waals surface area contributed by atoms with Gasteiger partial charge in [0.05, 0.1) is 11.3 Å². The summed E-state index contributed by atoms with van der Waals surface area (Å²) in [6, 6.07) is 1.78. The van der Waals surface area contributed by atoms with Crippen molar-refractivity contribution in [2.24, 2.45) is 14.1 Å². The number of aryl methyl sites for hydroxylation is 2. The fraction of sp³-hybridized carbons (Fsp3) is 0.222. The van der Waals surface area contributed by atoms with Crippen LogP contribution >= 0.6 is 11.6 Å². The van der Waals surface area contributed by atoms with Gasteiger partial charge in [0.1, 0.15) is 10.8 Å². The zero-order valence-corrected chi connectivity index (χ0v) is 9.06. The predicted octanol–water partition coefficient (Wildman–Crippen LogP) is 1.29. The number of hydrogen-bond acceptors (Lipinski definition) is 3. The van der Waals surface area contributed by atoms with E-state index in [1.165, 1.54) is 4.68 Å². The SMILES string of the molecule is Cn1nccc1-c1nn(C)c(Cl)c1C=O. The molecule has 0 aliphatic carbocycles. The van der Waals surface area contributed by atoms with Crippen LogP contribution in [0.25, 0.3) is 11.4 Å². The van der Waals surface area contributed by atoms with Crippen molar-refractivity contribution in [3.05, 3.63) is 23.0 Å². The Labute approximate surface area is 91.3 Å². The molecule has 0 bridgehead atoms. The Bertz CT molecular complexity index is 514. The molecule has 0 aliphatic heterocycles. The smallest absolute Gasteiger partial charge is 0.155 e. The van der Waals surface area contributed by atoms with Gasteiger partial charge < -0.3 is 0 Å². The molecule has 0 amide bonds. The van der Waals surface area contributed by atoms with Gasteiger partial charge in [-0.1, -0.05) is 11.6 Å².